The molecule has 1 aliphatic carbocycles. The summed E-state index contributed by atoms with van der Waals surface area (Å²) >= 11 is 0. The molecule has 1 aromatic heterocycles. The second-order valence-corrected chi connectivity index (χ2v) is 3.99. The van der Waals surface area contributed by atoms with Crippen LogP contribution in [0.3, 0.4) is 0 Å². The number of aromatic nitrogens is 2. The Morgan fingerprint density at radius 2 is 2.38 bits per heavy atom. The number of hydrogen-bond donors (Lipinski definition) is 2. The molecule has 2 rings (SSSR count). The molecule has 2 N–H and O–H groups in total. The summed E-state index contributed by atoms with van der Waals surface area (Å²) in [5, 5.41) is 15.4. The number of carboxylic acid groups (broad SMARTS) is 1. The number of carboxylic acids is 1. The van der Waals surface area contributed by atoms with Crippen LogP contribution in [-0.2, 0) is 23.2 Å². The number of rotatable bonds is 4. The van der Waals surface area contributed by atoms with Crippen molar-refractivity contribution in [1.29, 1.82) is 0 Å². The zero-order chi connectivity index (χ0) is 11.7. The van der Waals surface area contributed by atoms with Gasteiger partial charge in [0.2, 0.25) is 5.91 Å². The molecule has 1 amide bonds. The van der Waals surface area contributed by atoms with Crippen molar-refractivity contribution in [3.05, 3.63) is 18.0 Å². The molecule has 0 aliphatic heterocycles. The number of nitrogens with one attached hydrogen (secondary N) is 1. The van der Waals surface area contributed by atoms with E-state index in [9.17, 15) is 9.59 Å². The highest BCUT2D eigenvalue weighted by Gasteiger charge is 2.48. The largest absolute Gasteiger partial charge is 0.481 e. The summed E-state index contributed by atoms with van der Waals surface area (Å²) < 4.78 is 1.65. The molecule has 0 aromatic carbocycles. The average Bonchev–Trinajstić information content (AvgIpc) is 2.93. The maximum absolute atomic E-state index is 11.5. The van der Waals surface area contributed by atoms with E-state index >= 15 is 0 Å². The normalized spacial score (nSPS) is 22.8. The Morgan fingerprint density at radius 3 is 2.88 bits per heavy atom. The van der Waals surface area contributed by atoms with E-state index in [0.29, 0.717) is 13.0 Å². The van der Waals surface area contributed by atoms with Crippen LogP contribution in [0.25, 0.3) is 0 Å². The first-order chi connectivity index (χ1) is 7.58. The molecule has 1 aliphatic rings. The summed E-state index contributed by atoms with van der Waals surface area (Å²) in [5.41, 5.74) is 0.767. The van der Waals surface area contributed by atoms with Crippen LogP contribution >= 0.6 is 0 Å². The SMILES string of the molecule is Cn1ccc(CNC(=O)C2CC2C(=O)O)n1. The van der Waals surface area contributed by atoms with Gasteiger partial charge in [0.05, 0.1) is 24.1 Å². The lowest BCUT2D eigenvalue weighted by molar-refractivity contribution is -0.140. The van der Waals surface area contributed by atoms with Crippen LogP contribution in [0.1, 0.15) is 12.1 Å². The fourth-order valence-electron chi connectivity index (χ4n) is 1.62. The van der Waals surface area contributed by atoms with Crippen molar-refractivity contribution in [3.63, 3.8) is 0 Å². The van der Waals surface area contributed by atoms with E-state index in [4.69, 9.17) is 5.11 Å². The first-order valence-electron chi connectivity index (χ1n) is 5.07. The maximum atomic E-state index is 11.5. The van der Waals surface area contributed by atoms with Crippen LogP contribution < -0.4 is 5.32 Å². The molecule has 1 aromatic rings. The van der Waals surface area contributed by atoms with Crippen molar-refractivity contribution in [3.8, 4) is 0 Å². The summed E-state index contributed by atoms with van der Waals surface area (Å²) in [6, 6.07) is 1.81. The average molecular weight is 223 g/mol. The summed E-state index contributed by atoms with van der Waals surface area (Å²) in [6.07, 6.45) is 2.24. The number of carbonyl (C=O) groups is 2. The highest BCUT2D eigenvalue weighted by molar-refractivity contribution is 5.89. The quantitative estimate of drug-likeness (QED) is 0.737. The van der Waals surface area contributed by atoms with Gasteiger partial charge in [0.1, 0.15) is 0 Å². The van der Waals surface area contributed by atoms with Gasteiger partial charge in [-0.25, -0.2) is 0 Å². The first kappa shape index (κ1) is 10.7. The van der Waals surface area contributed by atoms with Crippen molar-refractivity contribution in [2.45, 2.75) is 13.0 Å². The third kappa shape index (κ3) is 2.21. The van der Waals surface area contributed by atoms with E-state index in [2.05, 4.69) is 10.4 Å². The number of hydrogen-bond acceptors (Lipinski definition) is 3. The molecule has 2 unspecified atom stereocenters. The Kier molecular flexibility index (Phi) is 2.64. The highest BCUT2D eigenvalue weighted by Crippen LogP contribution is 2.38. The molecule has 1 saturated carbocycles. The summed E-state index contributed by atoms with van der Waals surface area (Å²) in [5.74, 6) is -1.94. The Morgan fingerprint density at radius 1 is 1.62 bits per heavy atom. The van der Waals surface area contributed by atoms with Crippen LogP contribution in [0.2, 0.25) is 0 Å². The monoisotopic (exact) mass is 223 g/mol. The van der Waals surface area contributed by atoms with Crippen LogP contribution in [0.15, 0.2) is 12.3 Å². The Bertz CT molecular complexity index is 427. The van der Waals surface area contributed by atoms with Gasteiger partial charge in [0.15, 0.2) is 0 Å². The second-order valence-electron chi connectivity index (χ2n) is 3.99. The van der Waals surface area contributed by atoms with Gasteiger partial charge in [0.25, 0.3) is 0 Å². The molecule has 0 saturated heterocycles. The third-order valence-corrected chi connectivity index (χ3v) is 2.66. The van der Waals surface area contributed by atoms with Gasteiger partial charge < -0.3 is 10.4 Å². The second kappa shape index (κ2) is 3.96. The smallest absolute Gasteiger partial charge is 0.307 e. The van der Waals surface area contributed by atoms with E-state index in [0.717, 1.165) is 5.69 Å². The van der Waals surface area contributed by atoms with E-state index in [1.165, 1.54) is 0 Å². The van der Waals surface area contributed by atoms with E-state index in [-0.39, 0.29) is 11.8 Å². The van der Waals surface area contributed by atoms with Gasteiger partial charge in [-0.15, -0.1) is 0 Å². The maximum Gasteiger partial charge on any atom is 0.307 e. The van der Waals surface area contributed by atoms with Gasteiger partial charge >= 0.3 is 5.97 Å². The highest BCUT2D eigenvalue weighted by atomic mass is 16.4. The minimum atomic E-state index is -0.891. The van der Waals surface area contributed by atoms with Crippen molar-refractivity contribution >= 4 is 11.9 Å². The van der Waals surface area contributed by atoms with Crippen LogP contribution in [0.5, 0.6) is 0 Å². The summed E-state index contributed by atoms with van der Waals surface area (Å²) in [7, 11) is 1.80. The van der Waals surface area contributed by atoms with E-state index < -0.39 is 11.9 Å². The molecule has 0 radical (unpaired) electrons. The number of aryl methyl sites for hydroxylation is 1. The summed E-state index contributed by atoms with van der Waals surface area (Å²) in [4.78, 5) is 22.0. The number of amides is 1. The van der Waals surface area contributed by atoms with Crippen LogP contribution in [-0.4, -0.2) is 26.8 Å². The zero-order valence-corrected chi connectivity index (χ0v) is 8.88. The van der Waals surface area contributed by atoms with E-state index in [1.807, 2.05) is 6.07 Å². The lowest BCUT2D eigenvalue weighted by Gasteiger charge is -2.01. The molecule has 1 fully saturated rings. The predicted molar refractivity (Wildman–Crippen MR) is 54.3 cm³/mol. The fourth-order valence-corrected chi connectivity index (χ4v) is 1.62. The fraction of sp³-hybridized carbons (Fsp3) is 0.500. The minimum Gasteiger partial charge on any atom is -0.481 e. The molecule has 2 atom stereocenters. The van der Waals surface area contributed by atoms with Crippen molar-refractivity contribution in [1.82, 2.24) is 15.1 Å². The molecule has 6 nitrogen and oxygen atoms in total. The van der Waals surface area contributed by atoms with Crippen LogP contribution in [0, 0.1) is 11.8 Å². The van der Waals surface area contributed by atoms with Gasteiger partial charge in [-0.2, -0.15) is 5.10 Å². The van der Waals surface area contributed by atoms with E-state index in [1.54, 1.807) is 17.9 Å². The van der Waals surface area contributed by atoms with Gasteiger partial charge in [0, 0.05) is 13.2 Å². The van der Waals surface area contributed by atoms with Gasteiger partial charge in [-0.3, -0.25) is 14.3 Å². The van der Waals surface area contributed by atoms with Crippen molar-refractivity contribution in [2.75, 3.05) is 0 Å². The standard InChI is InChI=1S/C10H13N3O3/c1-13-3-2-6(12-13)5-11-9(14)7-4-8(7)10(15)16/h2-3,7-8H,4-5H2,1H3,(H,11,14)(H,15,16). The van der Waals surface area contributed by atoms with Crippen molar-refractivity contribution in [2.24, 2.45) is 18.9 Å². The number of carbonyl (C=O) groups excluding carboxylic acids is 1. The molecule has 6 heteroatoms. The molecule has 16 heavy (non-hydrogen) atoms. The molecule has 86 valence electrons. The zero-order valence-electron chi connectivity index (χ0n) is 8.88. The Hall–Kier alpha value is -1.85. The lowest BCUT2D eigenvalue weighted by atomic mass is 10.3. The van der Waals surface area contributed by atoms with Crippen LogP contribution in [0.4, 0.5) is 0 Å². The van der Waals surface area contributed by atoms with Gasteiger partial charge in [-0.05, 0) is 12.5 Å². The summed E-state index contributed by atoms with van der Waals surface area (Å²) in [6.45, 7) is 0.350. The molecule has 1 heterocycles. The predicted octanol–water partition coefficient (Wildman–Crippen LogP) is -0.243. The third-order valence-electron chi connectivity index (χ3n) is 2.66. The van der Waals surface area contributed by atoms with Gasteiger partial charge in [-0.1, -0.05) is 0 Å². The molecule has 0 spiro atoms. The number of nitrogens with zero attached hydrogens (tertiary/aromatic N) is 2. The van der Waals surface area contributed by atoms with Crippen molar-refractivity contribution < 1.29 is 14.7 Å². The Labute approximate surface area is 92.3 Å². The molecular formula is C10H13N3O3. The first-order valence-corrected chi connectivity index (χ1v) is 5.07. The molecular weight excluding hydrogens is 210 g/mol. The number of aliphatic carboxylic acids is 1. The lowest BCUT2D eigenvalue weighted by Crippen LogP contribution is -2.26. The Balaban J connectivity index is 1.79. The minimum absolute atomic E-state index is 0.196. The molecule has 0 bridgehead atoms. The topological polar surface area (TPSA) is 84.2 Å².